The SMILES string of the molecule is CC(C(=O)Nc1cccc(F)c1)N1CCN(C(=O)c2cccs2)CC1. The summed E-state index contributed by atoms with van der Waals surface area (Å²) in [5.41, 5.74) is 0.448. The zero-order valence-electron chi connectivity index (χ0n) is 13.9. The fourth-order valence-electron chi connectivity index (χ4n) is 2.85. The molecule has 7 heteroatoms. The van der Waals surface area contributed by atoms with Crippen LogP contribution in [0.2, 0.25) is 0 Å². The number of carbonyl (C=O) groups is 2. The van der Waals surface area contributed by atoms with Gasteiger partial charge in [-0.05, 0) is 36.6 Å². The van der Waals surface area contributed by atoms with Crippen LogP contribution in [-0.4, -0.2) is 53.8 Å². The maximum atomic E-state index is 13.2. The Morgan fingerprint density at radius 1 is 1.16 bits per heavy atom. The molecule has 132 valence electrons. The molecular weight excluding hydrogens is 341 g/mol. The van der Waals surface area contributed by atoms with Crippen molar-refractivity contribution in [1.29, 1.82) is 0 Å². The van der Waals surface area contributed by atoms with Crippen LogP contribution in [0.3, 0.4) is 0 Å². The minimum atomic E-state index is -0.383. The van der Waals surface area contributed by atoms with Gasteiger partial charge in [-0.15, -0.1) is 11.3 Å². The molecule has 1 aliphatic rings. The molecule has 0 radical (unpaired) electrons. The van der Waals surface area contributed by atoms with Gasteiger partial charge in [0.25, 0.3) is 5.91 Å². The number of hydrogen-bond acceptors (Lipinski definition) is 4. The lowest BCUT2D eigenvalue weighted by Crippen LogP contribution is -2.53. The predicted molar refractivity (Wildman–Crippen MR) is 96.3 cm³/mol. The second kappa shape index (κ2) is 7.76. The Morgan fingerprint density at radius 3 is 2.56 bits per heavy atom. The van der Waals surface area contributed by atoms with Gasteiger partial charge in [-0.1, -0.05) is 12.1 Å². The van der Waals surface area contributed by atoms with Gasteiger partial charge >= 0.3 is 0 Å². The number of rotatable bonds is 4. The molecule has 0 saturated carbocycles. The molecule has 1 aromatic carbocycles. The summed E-state index contributed by atoms with van der Waals surface area (Å²) in [5.74, 6) is -0.513. The van der Waals surface area contributed by atoms with Crippen molar-refractivity contribution in [3.05, 3.63) is 52.5 Å². The topological polar surface area (TPSA) is 52.7 Å². The summed E-state index contributed by atoms with van der Waals surface area (Å²) in [6.07, 6.45) is 0. The van der Waals surface area contributed by atoms with Crippen molar-refractivity contribution in [2.45, 2.75) is 13.0 Å². The summed E-state index contributed by atoms with van der Waals surface area (Å²) in [6.45, 7) is 4.28. The average Bonchev–Trinajstić information content (AvgIpc) is 3.15. The number of halogens is 1. The van der Waals surface area contributed by atoms with Crippen LogP contribution in [0, 0.1) is 5.82 Å². The van der Waals surface area contributed by atoms with Crippen LogP contribution in [-0.2, 0) is 4.79 Å². The van der Waals surface area contributed by atoms with E-state index in [-0.39, 0.29) is 23.7 Å². The summed E-state index contributed by atoms with van der Waals surface area (Å²) in [5, 5.41) is 4.63. The van der Waals surface area contributed by atoms with Crippen LogP contribution in [0.4, 0.5) is 10.1 Å². The molecule has 0 aliphatic carbocycles. The number of thiophene rings is 1. The summed E-state index contributed by atoms with van der Waals surface area (Å²) in [6, 6.07) is 9.20. The van der Waals surface area contributed by atoms with E-state index in [1.165, 1.54) is 23.5 Å². The maximum Gasteiger partial charge on any atom is 0.264 e. The molecule has 3 rings (SSSR count). The van der Waals surface area contributed by atoms with E-state index >= 15 is 0 Å². The Hall–Kier alpha value is -2.25. The number of hydrogen-bond donors (Lipinski definition) is 1. The lowest BCUT2D eigenvalue weighted by atomic mass is 10.2. The van der Waals surface area contributed by atoms with Crippen LogP contribution in [0.25, 0.3) is 0 Å². The first-order valence-corrected chi connectivity index (χ1v) is 9.06. The standard InChI is InChI=1S/C18H20FN3O2S/c1-13(17(23)20-15-5-2-4-14(19)12-15)21-7-9-22(10-8-21)18(24)16-6-3-11-25-16/h2-6,11-13H,7-10H2,1H3,(H,20,23). The van der Waals surface area contributed by atoms with Gasteiger partial charge in [0.05, 0.1) is 10.9 Å². The minimum absolute atomic E-state index is 0.0477. The molecule has 25 heavy (non-hydrogen) atoms. The van der Waals surface area contributed by atoms with Crippen molar-refractivity contribution in [2.75, 3.05) is 31.5 Å². The number of benzene rings is 1. The largest absolute Gasteiger partial charge is 0.335 e. The lowest BCUT2D eigenvalue weighted by molar-refractivity contribution is -0.121. The molecule has 1 aliphatic heterocycles. The molecule has 2 aromatic rings. The Balaban J connectivity index is 1.53. The van der Waals surface area contributed by atoms with Crippen LogP contribution in [0.1, 0.15) is 16.6 Å². The van der Waals surface area contributed by atoms with Crippen molar-refractivity contribution in [2.24, 2.45) is 0 Å². The fourth-order valence-corrected chi connectivity index (χ4v) is 3.54. The number of anilines is 1. The molecule has 0 spiro atoms. The van der Waals surface area contributed by atoms with Crippen molar-refractivity contribution in [3.8, 4) is 0 Å². The van der Waals surface area contributed by atoms with E-state index in [9.17, 15) is 14.0 Å². The Kier molecular flexibility index (Phi) is 5.45. The van der Waals surface area contributed by atoms with E-state index in [1.54, 1.807) is 12.1 Å². The summed E-state index contributed by atoms with van der Waals surface area (Å²) in [7, 11) is 0. The Bertz CT molecular complexity index is 743. The van der Waals surface area contributed by atoms with Gasteiger partial charge in [-0.25, -0.2) is 4.39 Å². The average molecular weight is 361 g/mol. The van der Waals surface area contributed by atoms with Gasteiger partial charge < -0.3 is 10.2 Å². The molecule has 2 amide bonds. The number of nitrogens with zero attached hydrogens (tertiary/aromatic N) is 2. The maximum absolute atomic E-state index is 13.2. The Labute approximate surface area is 150 Å². The first-order chi connectivity index (χ1) is 12.0. The predicted octanol–water partition coefficient (Wildman–Crippen LogP) is 2.67. The second-order valence-corrected chi connectivity index (χ2v) is 6.93. The highest BCUT2D eigenvalue weighted by atomic mass is 32.1. The van der Waals surface area contributed by atoms with E-state index in [2.05, 4.69) is 5.32 Å². The zero-order chi connectivity index (χ0) is 17.8. The van der Waals surface area contributed by atoms with Crippen molar-refractivity contribution in [1.82, 2.24) is 9.80 Å². The molecule has 2 heterocycles. The van der Waals surface area contributed by atoms with Crippen LogP contribution in [0.15, 0.2) is 41.8 Å². The highest BCUT2D eigenvalue weighted by molar-refractivity contribution is 7.12. The van der Waals surface area contributed by atoms with Crippen LogP contribution < -0.4 is 5.32 Å². The van der Waals surface area contributed by atoms with E-state index in [0.29, 0.717) is 31.9 Å². The van der Waals surface area contributed by atoms with E-state index in [4.69, 9.17) is 0 Å². The lowest BCUT2D eigenvalue weighted by Gasteiger charge is -2.37. The van der Waals surface area contributed by atoms with Gasteiger partial charge in [-0.3, -0.25) is 14.5 Å². The Morgan fingerprint density at radius 2 is 1.92 bits per heavy atom. The third kappa shape index (κ3) is 4.24. The van der Waals surface area contributed by atoms with Gasteiger partial charge in [0, 0.05) is 31.9 Å². The number of amides is 2. The van der Waals surface area contributed by atoms with E-state index in [1.807, 2.05) is 34.2 Å². The van der Waals surface area contributed by atoms with Gasteiger partial charge in [-0.2, -0.15) is 0 Å². The first kappa shape index (κ1) is 17.6. The van der Waals surface area contributed by atoms with Crippen molar-refractivity contribution in [3.63, 3.8) is 0 Å². The van der Waals surface area contributed by atoms with Gasteiger partial charge in [0.15, 0.2) is 0 Å². The molecule has 1 unspecified atom stereocenters. The third-order valence-corrected chi connectivity index (χ3v) is 5.21. The summed E-state index contributed by atoms with van der Waals surface area (Å²) < 4.78 is 13.2. The van der Waals surface area contributed by atoms with E-state index in [0.717, 1.165) is 4.88 Å². The quantitative estimate of drug-likeness (QED) is 0.911. The molecule has 1 aromatic heterocycles. The number of piperazine rings is 1. The first-order valence-electron chi connectivity index (χ1n) is 8.18. The van der Waals surface area contributed by atoms with Gasteiger partial charge in [0.1, 0.15) is 5.82 Å². The third-order valence-electron chi connectivity index (χ3n) is 4.35. The highest BCUT2D eigenvalue weighted by Crippen LogP contribution is 2.16. The molecule has 5 nitrogen and oxygen atoms in total. The van der Waals surface area contributed by atoms with Crippen molar-refractivity contribution >= 4 is 28.8 Å². The minimum Gasteiger partial charge on any atom is -0.335 e. The van der Waals surface area contributed by atoms with E-state index < -0.39 is 0 Å². The fraction of sp³-hybridized carbons (Fsp3) is 0.333. The zero-order valence-corrected chi connectivity index (χ0v) is 14.8. The molecule has 1 atom stereocenters. The summed E-state index contributed by atoms with van der Waals surface area (Å²) in [4.78, 5) is 29.3. The normalized spacial score (nSPS) is 16.5. The highest BCUT2D eigenvalue weighted by Gasteiger charge is 2.28. The molecular formula is C18H20FN3O2S. The molecule has 1 N–H and O–H groups in total. The van der Waals surface area contributed by atoms with Crippen LogP contribution >= 0.6 is 11.3 Å². The number of nitrogens with one attached hydrogen (secondary N) is 1. The number of carbonyl (C=O) groups excluding carboxylic acids is 2. The van der Waals surface area contributed by atoms with Crippen LogP contribution in [0.5, 0.6) is 0 Å². The second-order valence-electron chi connectivity index (χ2n) is 5.98. The molecule has 1 fully saturated rings. The monoisotopic (exact) mass is 361 g/mol. The molecule has 1 saturated heterocycles. The van der Waals surface area contributed by atoms with Crippen molar-refractivity contribution < 1.29 is 14.0 Å². The smallest absolute Gasteiger partial charge is 0.264 e. The summed E-state index contributed by atoms with van der Waals surface area (Å²) >= 11 is 1.44. The van der Waals surface area contributed by atoms with Gasteiger partial charge in [0.2, 0.25) is 5.91 Å². The molecule has 0 bridgehead atoms.